The lowest BCUT2D eigenvalue weighted by atomic mass is 9.62. The number of hydrogen-bond acceptors (Lipinski definition) is 3. The average molecular weight is 206 g/mol. The molecule has 2 aliphatic rings. The fourth-order valence-electron chi connectivity index (χ4n) is 2.87. The maximum Gasteiger partial charge on any atom is 0.244 e. The highest BCUT2D eigenvalue weighted by atomic mass is 16.2. The first-order valence-corrected chi connectivity index (χ1v) is 5.41. The highest BCUT2D eigenvalue weighted by Crippen LogP contribution is 2.46. The van der Waals surface area contributed by atoms with Crippen molar-refractivity contribution in [2.24, 2.45) is 11.3 Å². The van der Waals surface area contributed by atoms with E-state index in [2.05, 4.69) is 11.4 Å². The predicted molar refractivity (Wildman–Crippen MR) is 52.4 cm³/mol. The number of nitrogens with zero attached hydrogens (tertiary/aromatic N) is 1. The summed E-state index contributed by atoms with van der Waals surface area (Å²) >= 11 is 0. The molecule has 1 atom stereocenters. The molecule has 2 rings (SSSR count). The molecule has 1 spiro atoms. The van der Waals surface area contributed by atoms with Gasteiger partial charge in [-0.3, -0.25) is 14.9 Å². The van der Waals surface area contributed by atoms with Crippen LogP contribution >= 0.6 is 0 Å². The molecule has 0 aromatic rings. The fourth-order valence-corrected chi connectivity index (χ4v) is 2.87. The van der Waals surface area contributed by atoms with Crippen LogP contribution in [0.2, 0.25) is 0 Å². The van der Waals surface area contributed by atoms with Gasteiger partial charge in [0.2, 0.25) is 11.8 Å². The second kappa shape index (κ2) is 3.65. The predicted octanol–water partition coefficient (Wildman–Crippen LogP) is 1.12. The summed E-state index contributed by atoms with van der Waals surface area (Å²) in [5.41, 5.74) is -0.355. The summed E-state index contributed by atoms with van der Waals surface area (Å²) in [6.07, 6.45) is 5.22. The number of rotatable bonds is 0. The lowest BCUT2D eigenvalue weighted by Gasteiger charge is -2.42. The maximum absolute atomic E-state index is 11.6. The minimum atomic E-state index is -0.629. The zero-order valence-electron chi connectivity index (χ0n) is 8.58. The highest BCUT2D eigenvalue weighted by molar-refractivity contribution is 6.00. The lowest BCUT2D eigenvalue weighted by molar-refractivity contribution is -0.142. The van der Waals surface area contributed by atoms with Crippen molar-refractivity contribution >= 4 is 11.8 Å². The van der Waals surface area contributed by atoms with Gasteiger partial charge in [-0.25, -0.2) is 0 Å². The smallest absolute Gasteiger partial charge is 0.244 e. The number of piperidine rings is 1. The Morgan fingerprint density at radius 2 is 1.93 bits per heavy atom. The lowest BCUT2D eigenvalue weighted by Crippen LogP contribution is -2.52. The van der Waals surface area contributed by atoms with E-state index in [1.54, 1.807) is 0 Å². The van der Waals surface area contributed by atoms with E-state index in [1.807, 2.05) is 0 Å². The normalized spacial score (nSPS) is 29.7. The molecule has 4 nitrogen and oxygen atoms in total. The van der Waals surface area contributed by atoms with Crippen molar-refractivity contribution in [1.29, 1.82) is 5.26 Å². The Balaban J connectivity index is 2.29. The van der Waals surface area contributed by atoms with Crippen molar-refractivity contribution in [3.05, 3.63) is 0 Å². The van der Waals surface area contributed by atoms with E-state index < -0.39 is 11.8 Å². The zero-order valence-corrected chi connectivity index (χ0v) is 8.58. The van der Waals surface area contributed by atoms with Crippen molar-refractivity contribution in [2.75, 3.05) is 0 Å². The second-order valence-electron chi connectivity index (χ2n) is 4.57. The van der Waals surface area contributed by atoms with Gasteiger partial charge in [0.1, 0.15) is 5.92 Å². The molecule has 80 valence electrons. The van der Waals surface area contributed by atoms with Crippen LogP contribution < -0.4 is 5.32 Å². The first kappa shape index (κ1) is 10.2. The third kappa shape index (κ3) is 1.63. The summed E-state index contributed by atoms with van der Waals surface area (Å²) in [5.74, 6) is -1.24. The van der Waals surface area contributed by atoms with Gasteiger partial charge in [0.15, 0.2) is 0 Å². The summed E-state index contributed by atoms with van der Waals surface area (Å²) in [6.45, 7) is 0. The van der Waals surface area contributed by atoms with Crippen LogP contribution in [0, 0.1) is 22.7 Å². The number of imide groups is 1. The molecule has 2 fully saturated rings. The number of carbonyl (C=O) groups excluding carboxylic acids is 2. The molecule has 1 saturated heterocycles. The van der Waals surface area contributed by atoms with Crippen molar-refractivity contribution < 1.29 is 9.59 Å². The van der Waals surface area contributed by atoms with E-state index in [4.69, 9.17) is 5.26 Å². The van der Waals surface area contributed by atoms with Gasteiger partial charge in [0.05, 0.1) is 6.07 Å². The molecule has 0 aromatic heterocycles. The van der Waals surface area contributed by atoms with Crippen LogP contribution in [0.25, 0.3) is 0 Å². The van der Waals surface area contributed by atoms with Crippen LogP contribution in [-0.4, -0.2) is 11.8 Å². The topological polar surface area (TPSA) is 70.0 Å². The number of nitrogens with one attached hydrogen (secondary N) is 1. The number of hydrogen-bond donors (Lipinski definition) is 1. The summed E-state index contributed by atoms with van der Waals surface area (Å²) in [6, 6.07) is 2.07. The number of nitriles is 1. The minimum absolute atomic E-state index is 0.214. The molecule has 1 heterocycles. The van der Waals surface area contributed by atoms with E-state index in [0.29, 0.717) is 6.42 Å². The Labute approximate surface area is 88.6 Å². The van der Waals surface area contributed by atoms with E-state index >= 15 is 0 Å². The quantitative estimate of drug-likeness (QED) is 0.604. The molecule has 4 heteroatoms. The zero-order chi connectivity index (χ0) is 10.9. The van der Waals surface area contributed by atoms with Crippen LogP contribution in [0.15, 0.2) is 0 Å². The van der Waals surface area contributed by atoms with Crippen LogP contribution in [0.5, 0.6) is 0 Å². The highest BCUT2D eigenvalue weighted by Gasteiger charge is 2.48. The first-order chi connectivity index (χ1) is 7.18. The van der Waals surface area contributed by atoms with Crippen LogP contribution in [0.4, 0.5) is 0 Å². The summed E-state index contributed by atoms with van der Waals surface area (Å²) < 4.78 is 0. The largest absolute Gasteiger partial charge is 0.295 e. The molecule has 1 saturated carbocycles. The Bertz CT molecular complexity index is 337. The van der Waals surface area contributed by atoms with Gasteiger partial charge in [-0.15, -0.1) is 0 Å². The van der Waals surface area contributed by atoms with Crippen LogP contribution in [-0.2, 0) is 9.59 Å². The van der Waals surface area contributed by atoms with Crippen molar-refractivity contribution in [3.8, 4) is 6.07 Å². The monoisotopic (exact) mass is 206 g/mol. The Hall–Kier alpha value is -1.37. The minimum Gasteiger partial charge on any atom is -0.295 e. The number of amides is 2. The van der Waals surface area contributed by atoms with E-state index in [9.17, 15) is 9.59 Å². The van der Waals surface area contributed by atoms with Gasteiger partial charge < -0.3 is 0 Å². The van der Waals surface area contributed by atoms with Crippen LogP contribution in [0.3, 0.4) is 0 Å². The maximum atomic E-state index is 11.6. The Kier molecular flexibility index (Phi) is 2.47. The molecule has 0 unspecified atom stereocenters. The summed E-state index contributed by atoms with van der Waals surface area (Å²) in [5, 5.41) is 11.3. The standard InChI is InChI=1S/C11H14N2O2/c12-7-8-10(15)13-9(14)6-11(8)4-2-1-3-5-11/h8H,1-6H2,(H,13,14,15)/t8-/m1/s1. The van der Waals surface area contributed by atoms with Gasteiger partial charge in [0, 0.05) is 11.8 Å². The second-order valence-corrected chi connectivity index (χ2v) is 4.57. The molecule has 0 radical (unpaired) electrons. The van der Waals surface area contributed by atoms with E-state index in [0.717, 1.165) is 32.1 Å². The average Bonchev–Trinajstić information content (AvgIpc) is 2.18. The Morgan fingerprint density at radius 1 is 1.27 bits per heavy atom. The molecule has 2 amide bonds. The van der Waals surface area contributed by atoms with Crippen molar-refractivity contribution in [1.82, 2.24) is 5.32 Å². The SMILES string of the molecule is N#C[C@@H]1C(=O)NC(=O)CC12CCCCC2. The summed E-state index contributed by atoms with van der Waals surface area (Å²) in [7, 11) is 0. The molecule has 0 bridgehead atoms. The first-order valence-electron chi connectivity index (χ1n) is 5.41. The van der Waals surface area contributed by atoms with Gasteiger partial charge in [-0.1, -0.05) is 19.3 Å². The van der Waals surface area contributed by atoms with Crippen molar-refractivity contribution in [2.45, 2.75) is 38.5 Å². The Morgan fingerprint density at radius 3 is 2.53 bits per heavy atom. The molecule has 0 aromatic carbocycles. The van der Waals surface area contributed by atoms with Gasteiger partial charge >= 0.3 is 0 Å². The molecule has 15 heavy (non-hydrogen) atoms. The third-order valence-corrected chi connectivity index (χ3v) is 3.63. The van der Waals surface area contributed by atoms with Gasteiger partial charge in [0.25, 0.3) is 0 Å². The molecular weight excluding hydrogens is 192 g/mol. The molecule has 1 aliphatic heterocycles. The molecule has 1 aliphatic carbocycles. The van der Waals surface area contributed by atoms with Crippen LogP contribution in [0.1, 0.15) is 38.5 Å². The van der Waals surface area contributed by atoms with E-state index in [1.165, 1.54) is 0 Å². The molecular formula is C11H14N2O2. The summed E-state index contributed by atoms with van der Waals surface area (Å²) in [4.78, 5) is 22.9. The van der Waals surface area contributed by atoms with Gasteiger partial charge in [-0.2, -0.15) is 5.26 Å². The van der Waals surface area contributed by atoms with E-state index in [-0.39, 0.29) is 11.3 Å². The number of carbonyl (C=O) groups is 2. The van der Waals surface area contributed by atoms with Crippen molar-refractivity contribution in [3.63, 3.8) is 0 Å². The van der Waals surface area contributed by atoms with Gasteiger partial charge in [-0.05, 0) is 12.8 Å². The molecule has 1 N–H and O–H groups in total. The third-order valence-electron chi connectivity index (χ3n) is 3.63. The fraction of sp³-hybridized carbons (Fsp3) is 0.727.